The van der Waals surface area contributed by atoms with E-state index in [0.29, 0.717) is 16.5 Å². The number of esters is 1. The first kappa shape index (κ1) is 31.4. The number of para-hydroxylation sites is 1. The Kier molecular flexibility index (Phi) is 12.2. The van der Waals surface area contributed by atoms with Gasteiger partial charge in [0.2, 0.25) is 5.82 Å². The van der Waals surface area contributed by atoms with Crippen molar-refractivity contribution in [2.24, 2.45) is 0 Å². The van der Waals surface area contributed by atoms with E-state index in [-0.39, 0.29) is 6.10 Å². The van der Waals surface area contributed by atoms with E-state index in [4.69, 9.17) is 53.5 Å². The van der Waals surface area contributed by atoms with E-state index in [2.05, 4.69) is 5.09 Å². The largest absolute Gasteiger partial charge is 0.462 e. The van der Waals surface area contributed by atoms with Crippen molar-refractivity contribution >= 4 is 47.6 Å². The number of aromatic amines is 1. The summed E-state index contributed by atoms with van der Waals surface area (Å²) in [6, 6.07) is 7.48. The fourth-order valence-corrected chi connectivity index (χ4v) is 5.41. The number of alkyl halides is 2. The predicted octanol–water partition coefficient (Wildman–Crippen LogP) is 2.43. The molecule has 0 aliphatic carbocycles. The molecule has 37 heavy (non-hydrogen) atoms. The molecule has 1 aromatic heterocycles. The zero-order valence-electron chi connectivity index (χ0n) is 20.0. The number of nitrogens with zero attached hydrogens (tertiary/aromatic N) is 1. The molecule has 2 rings (SSSR count). The summed E-state index contributed by atoms with van der Waals surface area (Å²) in [4.78, 5) is 35.9. The van der Waals surface area contributed by atoms with Crippen LogP contribution in [0.15, 0.2) is 46.1 Å². The highest BCUT2D eigenvalue weighted by atomic mass is 35.5. The van der Waals surface area contributed by atoms with Gasteiger partial charge in [0, 0.05) is 0 Å². The molecule has 0 aliphatic heterocycles. The number of H-pyrrole nitrogens is 1. The van der Waals surface area contributed by atoms with Crippen LogP contribution in [0.3, 0.4) is 0 Å². The van der Waals surface area contributed by atoms with Crippen LogP contribution in [0.25, 0.3) is 0 Å². The molecule has 1 aromatic carbocycles. The number of halogens is 3. The minimum atomic E-state index is -3.51. The van der Waals surface area contributed by atoms with Crippen LogP contribution in [0.4, 0.5) is 4.39 Å². The van der Waals surface area contributed by atoms with Crippen molar-refractivity contribution in [2.45, 2.75) is 56.7 Å². The maximum absolute atomic E-state index is 13.6. The zero-order valence-corrected chi connectivity index (χ0v) is 23.2. The number of aliphatic hydroxyl groups excluding tert-OH is 1. The molecule has 2 aromatic rings. The van der Waals surface area contributed by atoms with E-state index in [1.54, 1.807) is 49.2 Å². The molecule has 0 aliphatic rings. The molecule has 0 amide bonds. The maximum atomic E-state index is 13.6. The average molecular weight is 602 g/mol. The molecule has 0 spiro atoms. The number of hydrogen-bond donors (Lipinski definition) is 3. The van der Waals surface area contributed by atoms with Gasteiger partial charge in [-0.25, -0.2) is 9.88 Å². The van der Waals surface area contributed by atoms with Crippen LogP contribution in [0.1, 0.15) is 20.8 Å². The average Bonchev–Trinajstić information content (AvgIpc) is 2.81. The lowest BCUT2D eigenvalue weighted by molar-refractivity contribution is -0.149. The summed E-state index contributed by atoms with van der Waals surface area (Å²) in [6.07, 6.45) is -2.58. The standard InChI is InChI=1S/C21H27Cl2FN3O8PS/c1-12(2)34-20(30)13(3)26-36(37,35-14-7-5-4-6-8-14)33-10-16(17(28)18(22)23)32-11-27-9-15(24)19(29)25-21(27)31/h4-9,12-13,16-18,28H,10-11H2,1-3H3,(H,26,37)(H,25,29,31). The number of carbonyl (C=O) groups excluding carboxylic acids is 1. The summed E-state index contributed by atoms with van der Waals surface area (Å²) in [5, 5.41) is 13.3. The van der Waals surface area contributed by atoms with Gasteiger partial charge >= 0.3 is 18.3 Å². The number of carbonyl (C=O) groups is 1. The van der Waals surface area contributed by atoms with E-state index >= 15 is 0 Å². The van der Waals surface area contributed by atoms with E-state index in [1.807, 2.05) is 0 Å². The molecule has 0 radical (unpaired) electrons. The molecule has 4 unspecified atom stereocenters. The van der Waals surface area contributed by atoms with Gasteiger partial charge < -0.3 is 23.6 Å². The number of aromatic nitrogens is 2. The highest BCUT2D eigenvalue weighted by Crippen LogP contribution is 2.45. The number of rotatable bonds is 14. The number of benzene rings is 1. The second-order valence-electron chi connectivity index (χ2n) is 7.90. The summed E-state index contributed by atoms with van der Waals surface area (Å²) in [6.45, 7) is 0.304. The van der Waals surface area contributed by atoms with Crippen LogP contribution in [-0.4, -0.2) is 56.4 Å². The molecule has 0 saturated carbocycles. The zero-order chi connectivity index (χ0) is 27.8. The van der Waals surface area contributed by atoms with Crippen LogP contribution in [0.5, 0.6) is 5.75 Å². The van der Waals surface area contributed by atoms with E-state index in [1.165, 1.54) is 6.92 Å². The lowest BCUT2D eigenvalue weighted by Crippen LogP contribution is -2.41. The SMILES string of the molecule is CC(C)OC(=O)C(C)NP(=S)(OCC(OCn1cc(F)c(=O)[nH]c1=O)C(O)C(Cl)Cl)Oc1ccccc1. The third-order valence-electron chi connectivity index (χ3n) is 4.47. The number of nitrogens with one attached hydrogen (secondary N) is 2. The number of ether oxygens (including phenoxy) is 2. The molecule has 4 atom stereocenters. The highest BCUT2D eigenvalue weighted by Gasteiger charge is 2.33. The van der Waals surface area contributed by atoms with Crippen molar-refractivity contribution in [1.82, 2.24) is 14.6 Å². The first-order valence-corrected chi connectivity index (χ1v) is 14.4. The fraction of sp³-hybridized carbons (Fsp3) is 0.476. The van der Waals surface area contributed by atoms with E-state index in [9.17, 15) is 23.9 Å². The summed E-state index contributed by atoms with van der Waals surface area (Å²) in [5.41, 5.74) is -2.15. The van der Waals surface area contributed by atoms with Crippen molar-refractivity contribution in [3.63, 3.8) is 0 Å². The Hall–Kier alpha value is -1.83. The van der Waals surface area contributed by atoms with Crippen molar-refractivity contribution in [2.75, 3.05) is 6.61 Å². The monoisotopic (exact) mass is 601 g/mol. The van der Waals surface area contributed by atoms with Crippen molar-refractivity contribution < 1.29 is 32.8 Å². The molecule has 206 valence electrons. The molecule has 0 fully saturated rings. The Morgan fingerprint density at radius 1 is 1.24 bits per heavy atom. The first-order chi connectivity index (χ1) is 17.3. The lowest BCUT2D eigenvalue weighted by atomic mass is 10.2. The summed E-state index contributed by atoms with van der Waals surface area (Å²) in [5.74, 6) is -1.48. The molecule has 16 heteroatoms. The summed E-state index contributed by atoms with van der Waals surface area (Å²) >= 11 is 17.2. The van der Waals surface area contributed by atoms with Crippen molar-refractivity contribution in [3.05, 3.63) is 63.2 Å². The van der Waals surface area contributed by atoms with Crippen molar-refractivity contribution in [1.29, 1.82) is 0 Å². The Balaban J connectivity index is 2.24. The molecule has 11 nitrogen and oxygen atoms in total. The lowest BCUT2D eigenvalue weighted by Gasteiger charge is -2.30. The highest BCUT2D eigenvalue weighted by molar-refractivity contribution is 8.09. The third-order valence-corrected chi connectivity index (χ3v) is 7.49. The number of aliphatic hydroxyl groups is 1. The first-order valence-electron chi connectivity index (χ1n) is 10.9. The van der Waals surface area contributed by atoms with Crippen LogP contribution >= 0.6 is 29.8 Å². The minimum Gasteiger partial charge on any atom is -0.462 e. The third kappa shape index (κ3) is 10.1. The smallest absolute Gasteiger partial charge is 0.330 e. The van der Waals surface area contributed by atoms with Gasteiger partial charge in [0.05, 0.1) is 18.9 Å². The Morgan fingerprint density at radius 2 is 1.89 bits per heavy atom. The second kappa shape index (κ2) is 14.4. The van der Waals surface area contributed by atoms with Crippen LogP contribution in [0.2, 0.25) is 0 Å². The maximum Gasteiger partial charge on any atom is 0.330 e. The van der Waals surface area contributed by atoms with Gasteiger partial charge in [-0.2, -0.15) is 4.39 Å². The summed E-state index contributed by atoms with van der Waals surface area (Å²) < 4.78 is 36.7. The molecule has 0 bridgehead atoms. The topological polar surface area (TPSA) is 141 Å². The summed E-state index contributed by atoms with van der Waals surface area (Å²) in [7, 11) is 0. The Bertz CT molecular complexity index is 1200. The molecular weight excluding hydrogens is 575 g/mol. The number of hydrogen-bond acceptors (Lipinski definition) is 9. The van der Waals surface area contributed by atoms with Gasteiger partial charge in [-0.3, -0.25) is 19.1 Å². The Labute approximate surface area is 227 Å². The van der Waals surface area contributed by atoms with Gasteiger partial charge in [-0.15, -0.1) is 23.2 Å². The van der Waals surface area contributed by atoms with Crippen LogP contribution in [-0.2, 0) is 37.3 Å². The van der Waals surface area contributed by atoms with Gasteiger partial charge in [-0.05, 0) is 44.7 Å². The van der Waals surface area contributed by atoms with Crippen molar-refractivity contribution in [3.8, 4) is 5.75 Å². The van der Waals surface area contributed by atoms with E-state index < -0.39 is 66.1 Å². The van der Waals surface area contributed by atoms with Crippen LogP contribution in [0, 0.1) is 5.82 Å². The molecule has 1 heterocycles. The Morgan fingerprint density at radius 3 is 2.49 bits per heavy atom. The van der Waals surface area contributed by atoms with Gasteiger partial charge in [0.1, 0.15) is 35.6 Å². The molecule has 3 N–H and O–H groups in total. The normalized spacial score (nSPS) is 15.7. The quantitative estimate of drug-likeness (QED) is 0.168. The van der Waals surface area contributed by atoms with Gasteiger partial charge in [0.15, 0.2) is 0 Å². The molecule has 0 saturated heterocycles. The second-order valence-corrected chi connectivity index (χ2v) is 12.2. The van der Waals surface area contributed by atoms with Gasteiger partial charge in [0.25, 0.3) is 5.56 Å². The van der Waals surface area contributed by atoms with Crippen LogP contribution < -0.4 is 20.9 Å². The fourth-order valence-electron chi connectivity index (χ4n) is 2.67. The predicted molar refractivity (Wildman–Crippen MR) is 139 cm³/mol. The molecular formula is C21H27Cl2FN3O8PS. The minimum absolute atomic E-state index is 0.337. The van der Waals surface area contributed by atoms with Gasteiger partial charge in [-0.1, -0.05) is 18.2 Å². The van der Waals surface area contributed by atoms with E-state index in [0.717, 1.165) is 0 Å².